The maximum absolute atomic E-state index is 5.32. The molecule has 0 atom stereocenters. The summed E-state index contributed by atoms with van der Waals surface area (Å²) in [7, 11) is 0. The first-order valence-corrected chi connectivity index (χ1v) is 5.75. The number of hydrogen-bond acceptors (Lipinski definition) is 2. The molecule has 3 heteroatoms. The van der Waals surface area contributed by atoms with Gasteiger partial charge in [0.2, 0.25) is 0 Å². The van der Waals surface area contributed by atoms with E-state index in [4.69, 9.17) is 1.90 Å². The second-order valence-electron chi connectivity index (χ2n) is 2.42. The van der Waals surface area contributed by atoms with E-state index in [1.807, 2.05) is 27.7 Å². The summed E-state index contributed by atoms with van der Waals surface area (Å²) in [6.45, 7) is 8.15. The third-order valence-corrected chi connectivity index (χ3v) is 4.13. The molecule has 0 aliphatic heterocycles. The van der Waals surface area contributed by atoms with Crippen LogP contribution in [0.1, 0.15) is 27.7 Å². The molecular weight excluding hydrogens is 244 g/mol. The molecule has 0 aromatic rings. The van der Waals surface area contributed by atoms with Crippen LogP contribution in [-0.4, -0.2) is 12.2 Å². The summed E-state index contributed by atoms with van der Waals surface area (Å²) < 4.78 is 10.6. The van der Waals surface area contributed by atoms with Gasteiger partial charge in [0.05, 0.1) is 0 Å². The Morgan fingerprint density at radius 1 is 0.889 bits per heavy atom. The first-order chi connectivity index (χ1) is 4.13. The van der Waals surface area contributed by atoms with Crippen molar-refractivity contribution >= 4 is 0 Å². The molecule has 0 aliphatic rings. The third kappa shape index (κ3) is 9.30. The topological polar surface area (TPSA) is 18.5 Å². The van der Waals surface area contributed by atoms with Gasteiger partial charge in [0.25, 0.3) is 0 Å². The van der Waals surface area contributed by atoms with E-state index < -0.39 is 38.8 Å². The maximum atomic E-state index is 5.32. The molecule has 0 N–H and O–H groups in total. The van der Waals surface area contributed by atoms with Gasteiger partial charge in [-0.15, -0.1) is 0 Å². The molecule has 9 heavy (non-hydrogen) atoms. The molecule has 0 unspecified atom stereocenters. The van der Waals surface area contributed by atoms with E-state index in [1.165, 1.54) is 0 Å². The van der Waals surface area contributed by atoms with Crippen LogP contribution in [0, 0.1) is 38.8 Å². The Kier molecular flexibility index (Phi) is 6.91. The summed E-state index contributed by atoms with van der Waals surface area (Å²) in [5.74, 6) is 0. The van der Waals surface area contributed by atoms with E-state index in [2.05, 4.69) is 0 Å². The zero-order valence-corrected chi connectivity index (χ0v) is 9.61. The predicted octanol–water partition coefficient (Wildman–Crippen LogP) is 1.75. The van der Waals surface area contributed by atoms with Crippen molar-refractivity contribution in [2.45, 2.75) is 39.9 Å². The van der Waals surface area contributed by atoms with Crippen LogP contribution in [0.4, 0.5) is 0 Å². The molecule has 0 heterocycles. The van der Waals surface area contributed by atoms with Crippen LogP contribution in [-0.2, 0) is 1.90 Å². The Morgan fingerprint density at radius 2 is 1.22 bits per heavy atom. The summed E-state index contributed by atoms with van der Waals surface area (Å²) >= 11 is -1.12. The van der Waals surface area contributed by atoms with E-state index in [0.29, 0.717) is 12.2 Å². The fraction of sp³-hybridized carbons (Fsp3) is 1.00. The van der Waals surface area contributed by atoms with Crippen LogP contribution in [0.2, 0.25) is 0 Å². The van der Waals surface area contributed by atoms with Crippen LogP contribution in [0.3, 0.4) is 0 Å². The van der Waals surface area contributed by atoms with Gasteiger partial charge in [-0.05, 0) is 0 Å². The third-order valence-electron chi connectivity index (χ3n) is 0.568. The van der Waals surface area contributed by atoms with E-state index in [1.54, 1.807) is 0 Å². The van der Waals surface area contributed by atoms with Gasteiger partial charge in [-0.1, -0.05) is 0 Å². The fourth-order valence-corrected chi connectivity index (χ4v) is 1.60. The Hall–Kier alpha value is 1.30. The first kappa shape index (κ1) is 10.3. The average Bonchev–Trinajstić information content (AvgIpc) is 1.63. The molecule has 0 amide bonds. The van der Waals surface area contributed by atoms with Crippen LogP contribution >= 0.6 is 0 Å². The fourth-order valence-electron chi connectivity index (χ4n) is 0.220. The van der Waals surface area contributed by atoms with Crippen molar-refractivity contribution in [3.63, 3.8) is 0 Å². The van der Waals surface area contributed by atoms with Gasteiger partial charge in [-0.25, -0.2) is 0 Å². The zero-order chi connectivity index (χ0) is 7.28. The summed E-state index contributed by atoms with van der Waals surface area (Å²) in [5.41, 5.74) is 0. The van der Waals surface area contributed by atoms with Crippen molar-refractivity contribution in [2.75, 3.05) is 0 Å². The molecule has 2 nitrogen and oxygen atoms in total. The van der Waals surface area contributed by atoms with E-state index in [9.17, 15) is 0 Å². The van der Waals surface area contributed by atoms with E-state index >= 15 is 0 Å². The van der Waals surface area contributed by atoms with Gasteiger partial charge in [-0.2, -0.15) is 0 Å². The van der Waals surface area contributed by atoms with Gasteiger partial charge in [-0.3, -0.25) is 0 Å². The first-order valence-electron chi connectivity index (χ1n) is 3.19. The minimum atomic E-state index is -1.12. The zero-order valence-electron chi connectivity index (χ0n) is 6.47. The van der Waals surface area contributed by atoms with Crippen molar-refractivity contribution in [3.05, 3.63) is 0 Å². The standard InChI is InChI=1S/2C3H7O.Ce/c2*1-3(2)4;/h2*3H,1-2H3;/q2*-1;+2. The van der Waals surface area contributed by atoms with Crippen molar-refractivity contribution in [1.29, 1.82) is 0 Å². The second-order valence-corrected chi connectivity index (χ2v) is 4.42. The van der Waals surface area contributed by atoms with E-state index in [-0.39, 0.29) is 0 Å². The van der Waals surface area contributed by atoms with Gasteiger partial charge >= 0.3 is 80.6 Å². The molecule has 0 spiro atoms. The molecule has 0 rings (SSSR count). The molecule has 0 aromatic heterocycles. The Balaban J connectivity index is 2.91. The molecular formula is C6H14CeO2. The van der Waals surface area contributed by atoms with Crippen LogP contribution in [0.15, 0.2) is 0 Å². The average molecular weight is 258 g/mol. The Bertz CT molecular complexity index is 56.1. The van der Waals surface area contributed by atoms with E-state index in [0.717, 1.165) is 0 Å². The summed E-state index contributed by atoms with van der Waals surface area (Å²) in [4.78, 5) is 0. The van der Waals surface area contributed by atoms with Gasteiger partial charge in [0, 0.05) is 0 Å². The molecule has 0 saturated heterocycles. The number of hydrogen-bond donors (Lipinski definition) is 0. The Morgan fingerprint density at radius 3 is 1.44 bits per heavy atom. The molecule has 0 radical (unpaired) electrons. The van der Waals surface area contributed by atoms with Crippen LogP contribution in [0.25, 0.3) is 0 Å². The second kappa shape index (κ2) is 6.04. The minimum absolute atomic E-state index is 0.354. The SMILES string of the molecule is CC(C)[O][Ce][O]C(C)C. The molecule has 0 fully saturated rings. The number of rotatable bonds is 4. The van der Waals surface area contributed by atoms with Crippen LogP contribution < -0.4 is 0 Å². The van der Waals surface area contributed by atoms with Gasteiger partial charge in [0.15, 0.2) is 0 Å². The quantitative estimate of drug-likeness (QED) is 0.765. The van der Waals surface area contributed by atoms with Crippen molar-refractivity contribution in [3.8, 4) is 0 Å². The molecule has 0 bridgehead atoms. The van der Waals surface area contributed by atoms with Gasteiger partial charge < -0.3 is 0 Å². The van der Waals surface area contributed by atoms with Crippen LogP contribution in [0.5, 0.6) is 0 Å². The molecule has 0 saturated carbocycles. The normalized spacial score (nSPS) is 10.9. The van der Waals surface area contributed by atoms with Crippen molar-refractivity contribution in [1.82, 2.24) is 0 Å². The molecule has 0 aromatic carbocycles. The van der Waals surface area contributed by atoms with Crippen molar-refractivity contribution in [2.24, 2.45) is 0 Å². The summed E-state index contributed by atoms with van der Waals surface area (Å²) in [6, 6.07) is 0. The monoisotopic (exact) mass is 258 g/mol. The van der Waals surface area contributed by atoms with Crippen molar-refractivity contribution < 1.29 is 40.7 Å². The van der Waals surface area contributed by atoms with Gasteiger partial charge in [0.1, 0.15) is 0 Å². The summed E-state index contributed by atoms with van der Waals surface area (Å²) in [5, 5.41) is 0. The molecule has 54 valence electrons. The predicted molar refractivity (Wildman–Crippen MR) is 32.4 cm³/mol. The molecule has 0 aliphatic carbocycles. The summed E-state index contributed by atoms with van der Waals surface area (Å²) in [6.07, 6.45) is 0.708. The Labute approximate surface area is 79.7 Å².